The Balaban J connectivity index is 1.28. The average Bonchev–Trinajstić information content (AvgIpc) is 3.64. The van der Waals surface area contributed by atoms with E-state index in [1.165, 1.54) is 88.0 Å². The summed E-state index contributed by atoms with van der Waals surface area (Å²) >= 11 is 0. The normalized spacial score (nSPS) is 16.4. The van der Waals surface area contributed by atoms with Gasteiger partial charge in [0.25, 0.3) is 0 Å². The number of hydrogen-bond acceptors (Lipinski definition) is 0. The number of hydrogen-bond donors (Lipinski definition) is 0. The maximum absolute atomic E-state index is 2.53. The third kappa shape index (κ3) is 3.37. The van der Waals surface area contributed by atoms with Crippen molar-refractivity contribution in [3.8, 4) is 33.4 Å². The zero-order valence-corrected chi connectivity index (χ0v) is 24.9. The highest BCUT2D eigenvalue weighted by atomic mass is 14.5. The van der Waals surface area contributed by atoms with Gasteiger partial charge >= 0.3 is 0 Å². The van der Waals surface area contributed by atoms with Crippen LogP contribution in [0.5, 0.6) is 0 Å². The fraction of sp³-hybridized carbons (Fsp3) is 0.0667. The minimum atomic E-state index is -0.0954. The Morgan fingerprint density at radius 2 is 0.956 bits per heavy atom. The van der Waals surface area contributed by atoms with Crippen LogP contribution in [0, 0.1) is 0 Å². The lowest BCUT2D eigenvalue weighted by Crippen LogP contribution is -2.23. The van der Waals surface area contributed by atoms with Gasteiger partial charge in [0.05, 0.1) is 0 Å². The van der Waals surface area contributed by atoms with Crippen LogP contribution in [0.1, 0.15) is 28.7 Å². The van der Waals surface area contributed by atoms with Crippen LogP contribution in [-0.2, 0) is 11.8 Å². The summed E-state index contributed by atoms with van der Waals surface area (Å²) < 4.78 is 0. The van der Waals surface area contributed by atoms with Gasteiger partial charge in [0.15, 0.2) is 0 Å². The molecule has 1 unspecified atom stereocenters. The molecule has 0 N–H and O–H groups in total. The monoisotopic (exact) mass is 570 g/mol. The van der Waals surface area contributed by atoms with Crippen molar-refractivity contribution >= 4 is 32.3 Å². The van der Waals surface area contributed by atoms with Crippen molar-refractivity contribution in [1.82, 2.24) is 0 Å². The van der Waals surface area contributed by atoms with Crippen molar-refractivity contribution in [1.29, 1.82) is 0 Å². The van der Waals surface area contributed by atoms with E-state index >= 15 is 0 Å². The van der Waals surface area contributed by atoms with E-state index in [-0.39, 0.29) is 5.41 Å². The molecule has 0 heterocycles. The fourth-order valence-corrected chi connectivity index (χ4v) is 8.78. The van der Waals surface area contributed by atoms with Gasteiger partial charge in [-0.3, -0.25) is 0 Å². The standard InChI is InChI=1S/C45H30/c1-2-12-29(13-3-1)39-26-32-27-40(34-16-6-8-19-38(34)44(32)37-18-7-5-15-33(37)39)31-22-23-36-35-17-9-11-21-42(35)45(43(36)28-31)25-24-30-14-4-10-20-41(30)45/h1-23,26-28H,24-25H2. The first-order valence-electron chi connectivity index (χ1n) is 16.1. The van der Waals surface area contributed by atoms with Gasteiger partial charge < -0.3 is 0 Å². The van der Waals surface area contributed by atoms with E-state index in [4.69, 9.17) is 0 Å². The summed E-state index contributed by atoms with van der Waals surface area (Å²) in [4.78, 5) is 0. The molecule has 0 nitrogen and oxygen atoms in total. The highest BCUT2D eigenvalue weighted by Crippen LogP contribution is 2.59. The van der Waals surface area contributed by atoms with E-state index in [1.807, 2.05) is 0 Å². The third-order valence-corrected chi connectivity index (χ3v) is 10.7. The van der Waals surface area contributed by atoms with Crippen LogP contribution in [0.3, 0.4) is 0 Å². The second kappa shape index (κ2) is 9.27. The highest BCUT2D eigenvalue weighted by molar-refractivity contribution is 6.25. The summed E-state index contributed by atoms with van der Waals surface area (Å²) in [6.45, 7) is 0. The average molecular weight is 571 g/mol. The summed E-state index contributed by atoms with van der Waals surface area (Å²) in [7, 11) is 0. The van der Waals surface area contributed by atoms with Gasteiger partial charge in [-0.2, -0.15) is 0 Å². The maximum Gasteiger partial charge on any atom is 0.0469 e. The van der Waals surface area contributed by atoms with Gasteiger partial charge in [0, 0.05) is 5.41 Å². The highest BCUT2D eigenvalue weighted by Gasteiger charge is 2.48. The number of fused-ring (bicyclic) bond motifs is 12. The van der Waals surface area contributed by atoms with E-state index in [0.29, 0.717) is 0 Å². The van der Waals surface area contributed by atoms with Crippen LogP contribution in [-0.4, -0.2) is 0 Å². The Labute approximate surface area is 263 Å². The number of aryl methyl sites for hydroxylation is 1. The minimum Gasteiger partial charge on any atom is -0.0622 e. The van der Waals surface area contributed by atoms with Crippen LogP contribution in [0.2, 0.25) is 0 Å². The molecule has 8 aromatic rings. The Hall–Kier alpha value is -5.46. The van der Waals surface area contributed by atoms with Crippen molar-refractivity contribution in [3.05, 3.63) is 180 Å². The molecule has 10 rings (SSSR count). The van der Waals surface area contributed by atoms with Crippen LogP contribution in [0.4, 0.5) is 0 Å². The van der Waals surface area contributed by atoms with Gasteiger partial charge in [-0.15, -0.1) is 0 Å². The first-order chi connectivity index (χ1) is 22.3. The van der Waals surface area contributed by atoms with Crippen molar-refractivity contribution in [2.45, 2.75) is 18.3 Å². The number of benzene rings is 8. The lowest BCUT2D eigenvalue weighted by atomic mass is 9.73. The van der Waals surface area contributed by atoms with E-state index in [2.05, 4.69) is 158 Å². The van der Waals surface area contributed by atoms with E-state index in [9.17, 15) is 0 Å². The molecule has 45 heavy (non-hydrogen) atoms. The lowest BCUT2D eigenvalue weighted by molar-refractivity contribution is 0.626. The van der Waals surface area contributed by atoms with Gasteiger partial charge in [-0.1, -0.05) is 140 Å². The molecular weight excluding hydrogens is 540 g/mol. The molecule has 0 fully saturated rings. The molecule has 1 atom stereocenters. The molecule has 0 radical (unpaired) electrons. The molecule has 0 bridgehead atoms. The zero-order valence-electron chi connectivity index (χ0n) is 24.9. The molecule has 0 amide bonds. The molecule has 2 aliphatic carbocycles. The van der Waals surface area contributed by atoms with Crippen LogP contribution in [0.15, 0.2) is 158 Å². The summed E-state index contributed by atoms with van der Waals surface area (Å²) in [5.41, 5.74) is 13.7. The fourth-order valence-electron chi connectivity index (χ4n) is 8.78. The molecular formula is C45H30. The van der Waals surface area contributed by atoms with Gasteiger partial charge in [0.2, 0.25) is 0 Å². The molecule has 1 spiro atoms. The summed E-state index contributed by atoms with van der Waals surface area (Å²) in [5, 5.41) is 7.84. The second-order valence-electron chi connectivity index (χ2n) is 12.8. The first-order valence-corrected chi connectivity index (χ1v) is 16.1. The van der Waals surface area contributed by atoms with Crippen molar-refractivity contribution in [2.24, 2.45) is 0 Å². The SMILES string of the molecule is c1ccc(-c2cc3cc(-c4ccc5c(c4)C4(CCc6ccccc64)c4ccccc4-5)c4ccccc4c3c3ccccc23)cc1. The van der Waals surface area contributed by atoms with Crippen LogP contribution in [0.25, 0.3) is 65.7 Å². The van der Waals surface area contributed by atoms with E-state index in [0.717, 1.165) is 12.8 Å². The molecule has 0 saturated carbocycles. The Morgan fingerprint density at radius 3 is 1.71 bits per heavy atom. The van der Waals surface area contributed by atoms with Crippen LogP contribution < -0.4 is 0 Å². The van der Waals surface area contributed by atoms with Crippen molar-refractivity contribution in [2.75, 3.05) is 0 Å². The molecule has 0 saturated heterocycles. The number of rotatable bonds is 2. The minimum absolute atomic E-state index is 0.0954. The molecule has 8 aromatic carbocycles. The Morgan fingerprint density at radius 1 is 0.378 bits per heavy atom. The Bertz CT molecular complexity index is 2480. The zero-order chi connectivity index (χ0) is 29.5. The summed E-state index contributed by atoms with van der Waals surface area (Å²) in [6.07, 6.45) is 2.23. The van der Waals surface area contributed by atoms with Crippen LogP contribution >= 0.6 is 0 Å². The Kier molecular flexibility index (Phi) is 5.14. The van der Waals surface area contributed by atoms with E-state index in [1.54, 1.807) is 0 Å². The summed E-state index contributed by atoms with van der Waals surface area (Å²) in [5.74, 6) is 0. The third-order valence-electron chi connectivity index (χ3n) is 10.7. The second-order valence-corrected chi connectivity index (χ2v) is 12.8. The van der Waals surface area contributed by atoms with Gasteiger partial charge in [0.1, 0.15) is 0 Å². The molecule has 0 aromatic heterocycles. The molecule has 0 heteroatoms. The lowest BCUT2D eigenvalue weighted by Gasteiger charge is -2.29. The summed E-state index contributed by atoms with van der Waals surface area (Å²) in [6, 6.07) is 59.2. The van der Waals surface area contributed by atoms with Gasteiger partial charge in [-0.25, -0.2) is 0 Å². The first kappa shape index (κ1) is 24.9. The molecule has 0 aliphatic heterocycles. The quantitative estimate of drug-likeness (QED) is 0.181. The largest absolute Gasteiger partial charge is 0.0622 e. The predicted molar refractivity (Wildman–Crippen MR) is 190 cm³/mol. The molecule has 210 valence electrons. The topological polar surface area (TPSA) is 0 Å². The molecule has 2 aliphatic rings. The smallest absolute Gasteiger partial charge is 0.0469 e. The predicted octanol–water partition coefficient (Wildman–Crippen LogP) is 11.7. The van der Waals surface area contributed by atoms with Crippen molar-refractivity contribution < 1.29 is 0 Å². The van der Waals surface area contributed by atoms with Gasteiger partial charge in [-0.05, 0) is 119 Å². The maximum atomic E-state index is 2.53. The van der Waals surface area contributed by atoms with Crippen molar-refractivity contribution in [3.63, 3.8) is 0 Å². The van der Waals surface area contributed by atoms with E-state index < -0.39 is 0 Å².